The molecule has 6 heteroatoms. The van der Waals surface area contributed by atoms with Gasteiger partial charge in [-0.05, 0) is 34.5 Å². The topological polar surface area (TPSA) is 93.7 Å². The highest BCUT2D eigenvalue weighted by Gasteiger charge is 2.35. The third-order valence-electron chi connectivity index (χ3n) is 1.29. The molecule has 1 unspecified atom stereocenters. The van der Waals surface area contributed by atoms with E-state index < -0.39 is 41.2 Å². The van der Waals surface area contributed by atoms with Crippen LogP contribution in [0.1, 0.15) is 42.7 Å². The molecule has 0 heterocycles. The monoisotopic (exact) mass is 227 g/mol. The van der Waals surface area contributed by atoms with Gasteiger partial charge >= 0.3 is 0 Å². The number of hydrogen-bond donors (Lipinski definition) is 3. The maximum atomic E-state index is 12.1. The highest BCUT2D eigenvalue weighted by molar-refractivity contribution is 7.90. The van der Waals surface area contributed by atoms with Gasteiger partial charge in [0.05, 0.1) is 0 Å². The summed E-state index contributed by atoms with van der Waals surface area (Å²) in [4.78, 5) is 0. The van der Waals surface area contributed by atoms with Crippen LogP contribution in [0.15, 0.2) is 5.16 Å². The Morgan fingerprint density at radius 1 is 1.57 bits per heavy atom. The van der Waals surface area contributed by atoms with Crippen molar-refractivity contribution in [2.24, 2.45) is 10.9 Å². The predicted octanol–water partition coefficient (Wildman–Crippen LogP) is 0.563. The zero-order valence-corrected chi connectivity index (χ0v) is 9.10. The van der Waals surface area contributed by atoms with Crippen LogP contribution in [0.25, 0.3) is 0 Å². The Bertz CT molecular complexity index is 362. The molecule has 0 aromatic rings. The lowest BCUT2D eigenvalue weighted by Gasteiger charge is -2.31. The standard InChI is InChI=1S/C8H19N3O2S/c1-7(2,3)14(13)11-8(4,5)6(9)10-12/h11-12H,1-5H3,(H2,9,10)/i4D3,5D3. The highest BCUT2D eigenvalue weighted by atomic mass is 32.2. The summed E-state index contributed by atoms with van der Waals surface area (Å²) in [6.45, 7) is -1.87. The number of oxime groups is 1. The second kappa shape index (κ2) is 4.37. The van der Waals surface area contributed by atoms with Crippen molar-refractivity contribution in [2.75, 3.05) is 0 Å². The minimum Gasteiger partial charge on any atom is -0.598 e. The van der Waals surface area contributed by atoms with Gasteiger partial charge in [0.25, 0.3) is 0 Å². The van der Waals surface area contributed by atoms with Crippen molar-refractivity contribution in [2.45, 2.75) is 44.8 Å². The molecule has 5 nitrogen and oxygen atoms in total. The van der Waals surface area contributed by atoms with E-state index in [2.05, 4.69) is 5.16 Å². The summed E-state index contributed by atoms with van der Waals surface area (Å²) in [7, 11) is 0. The fraction of sp³-hybridized carbons (Fsp3) is 0.875. The summed E-state index contributed by atoms with van der Waals surface area (Å²) in [5.74, 6) is -1.07. The van der Waals surface area contributed by atoms with E-state index in [1.54, 1.807) is 0 Å². The normalized spacial score (nSPS) is 25.0. The van der Waals surface area contributed by atoms with Crippen LogP contribution in [0.3, 0.4) is 0 Å². The second-order valence-electron chi connectivity index (χ2n) is 3.72. The van der Waals surface area contributed by atoms with Crippen molar-refractivity contribution >= 4 is 17.2 Å². The Labute approximate surface area is 96.5 Å². The molecule has 0 fully saturated rings. The van der Waals surface area contributed by atoms with Gasteiger partial charge in [-0.1, -0.05) is 5.16 Å². The van der Waals surface area contributed by atoms with E-state index in [1.165, 1.54) is 20.8 Å². The molecule has 0 radical (unpaired) electrons. The minimum atomic E-state index is -3.21. The Morgan fingerprint density at radius 3 is 2.36 bits per heavy atom. The van der Waals surface area contributed by atoms with Gasteiger partial charge in [0.15, 0.2) is 5.84 Å². The predicted molar refractivity (Wildman–Crippen MR) is 58.5 cm³/mol. The molecule has 0 spiro atoms. The average molecular weight is 227 g/mol. The number of amidine groups is 1. The first-order valence-corrected chi connectivity index (χ1v) is 4.94. The summed E-state index contributed by atoms with van der Waals surface area (Å²) >= 11 is -2.06. The van der Waals surface area contributed by atoms with Gasteiger partial charge in [0, 0.05) is 19.6 Å². The van der Waals surface area contributed by atoms with Gasteiger partial charge in [-0.15, -0.1) is 4.72 Å². The van der Waals surface area contributed by atoms with Crippen LogP contribution >= 0.6 is 0 Å². The molecule has 0 bridgehead atoms. The zero-order valence-electron chi connectivity index (χ0n) is 14.3. The molecule has 0 aromatic heterocycles. The molecule has 4 N–H and O–H groups in total. The molecule has 0 saturated heterocycles. The van der Waals surface area contributed by atoms with Crippen LogP contribution < -0.4 is 10.5 Å². The summed E-state index contributed by atoms with van der Waals surface area (Å²) in [5.41, 5.74) is 2.39. The van der Waals surface area contributed by atoms with E-state index >= 15 is 0 Å². The summed E-state index contributed by atoms with van der Waals surface area (Å²) in [5, 5.41) is 11.2. The van der Waals surface area contributed by atoms with Crippen molar-refractivity contribution in [1.82, 2.24) is 4.72 Å². The largest absolute Gasteiger partial charge is 0.598 e. The van der Waals surface area contributed by atoms with E-state index in [1.807, 2.05) is 4.72 Å². The lowest BCUT2D eigenvalue weighted by atomic mass is 10.1. The Kier molecular flexibility index (Phi) is 1.94. The third kappa shape index (κ3) is 3.73. The Balaban J connectivity index is 6.07. The molecule has 0 saturated carbocycles. The zero-order chi connectivity index (χ0) is 16.6. The highest BCUT2D eigenvalue weighted by Crippen LogP contribution is 2.16. The first-order chi connectivity index (χ1) is 8.61. The maximum Gasteiger partial charge on any atom is 0.163 e. The van der Waals surface area contributed by atoms with Crippen molar-refractivity contribution in [1.29, 1.82) is 0 Å². The molecular formula is C8H19N3O2S. The Morgan fingerprint density at radius 2 is 2.07 bits per heavy atom. The summed E-state index contributed by atoms with van der Waals surface area (Å²) in [6.07, 6.45) is 0. The molecule has 14 heavy (non-hydrogen) atoms. The van der Waals surface area contributed by atoms with Gasteiger partial charge in [-0.25, -0.2) is 0 Å². The van der Waals surface area contributed by atoms with Crippen LogP contribution in [0.4, 0.5) is 0 Å². The Hall–Kier alpha value is -0.460. The number of nitrogens with zero attached hydrogens (tertiary/aromatic N) is 1. The molecule has 0 aliphatic rings. The minimum absolute atomic E-state index is 0.947. The van der Waals surface area contributed by atoms with Crippen molar-refractivity contribution in [3.63, 3.8) is 0 Å². The molecule has 0 amide bonds. The van der Waals surface area contributed by atoms with Gasteiger partial charge in [-0.3, -0.25) is 0 Å². The van der Waals surface area contributed by atoms with Crippen molar-refractivity contribution in [3.05, 3.63) is 0 Å². The van der Waals surface area contributed by atoms with Crippen molar-refractivity contribution in [3.8, 4) is 0 Å². The number of hydrogen-bond acceptors (Lipinski definition) is 4. The lowest BCUT2D eigenvalue weighted by Crippen LogP contribution is -2.56. The first kappa shape index (κ1) is 6.19. The van der Waals surface area contributed by atoms with E-state index in [9.17, 15) is 4.55 Å². The van der Waals surface area contributed by atoms with Gasteiger partial charge in [-0.2, -0.15) is 0 Å². The van der Waals surface area contributed by atoms with Gasteiger partial charge in [0.1, 0.15) is 10.3 Å². The summed E-state index contributed by atoms with van der Waals surface area (Å²) < 4.78 is 57.8. The van der Waals surface area contributed by atoms with Gasteiger partial charge in [0.2, 0.25) is 0 Å². The van der Waals surface area contributed by atoms with Crippen LogP contribution in [-0.4, -0.2) is 25.9 Å². The third-order valence-corrected chi connectivity index (χ3v) is 2.90. The number of nitrogens with one attached hydrogen (secondary N) is 1. The van der Waals surface area contributed by atoms with Crippen LogP contribution in [0, 0.1) is 0 Å². The number of nitrogens with two attached hydrogens (primary N) is 1. The van der Waals surface area contributed by atoms with Crippen molar-refractivity contribution < 1.29 is 18.0 Å². The SMILES string of the molecule is [2H]C([2H])([2H])C(N[S+]([O-])C(C)(C)C)(/C(N)=N/O)C([2H])([2H])[2H]. The quantitative estimate of drug-likeness (QED) is 0.216. The number of rotatable bonds is 3. The van der Waals surface area contributed by atoms with Gasteiger partial charge < -0.3 is 15.5 Å². The van der Waals surface area contributed by atoms with Crippen LogP contribution in [-0.2, 0) is 11.4 Å². The fourth-order valence-corrected chi connectivity index (χ4v) is 1.11. The van der Waals surface area contributed by atoms with E-state index in [0.29, 0.717) is 0 Å². The van der Waals surface area contributed by atoms with E-state index in [-0.39, 0.29) is 0 Å². The van der Waals surface area contributed by atoms with Crippen LogP contribution in [0.2, 0.25) is 0 Å². The molecule has 0 aliphatic carbocycles. The molecule has 1 atom stereocenters. The van der Waals surface area contributed by atoms with E-state index in [0.717, 1.165) is 0 Å². The smallest absolute Gasteiger partial charge is 0.163 e. The molecule has 84 valence electrons. The second-order valence-corrected chi connectivity index (χ2v) is 5.68. The molecule has 0 aliphatic heterocycles. The fourth-order valence-electron chi connectivity index (χ4n) is 0.419. The molecule has 0 rings (SSSR count). The maximum absolute atomic E-state index is 12.1. The summed E-state index contributed by atoms with van der Waals surface area (Å²) in [6, 6.07) is 0. The van der Waals surface area contributed by atoms with E-state index in [4.69, 9.17) is 19.2 Å². The molecule has 0 aromatic carbocycles. The first-order valence-electron chi connectivity index (χ1n) is 6.79. The van der Waals surface area contributed by atoms with Crippen LogP contribution in [0.5, 0.6) is 0 Å². The lowest BCUT2D eigenvalue weighted by molar-refractivity contribution is 0.312. The molecular weight excluding hydrogens is 202 g/mol. The average Bonchev–Trinajstić information content (AvgIpc) is 2.19.